The van der Waals surface area contributed by atoms with Crippen LogP contribution in [-0.2, 0) is 6.61 Å². The van der Waals surface area contributed by atoms with Gasteiger partial charge in [0.25, 0.3) is 0 Å². The Morgan fingerprint density at radius 1 is 1.35 bits per heavy atom. The molecule has 5 heteroatoms. The Kier molecular flexibility index (Phi) is 5.18. The van der Waals surface area contributed by atoms with Gasteiger partial charge in [0.1, 0.15) is 12.4 Å². The highest BCUT2D eigenvalue weighted by Crippen LogP contribution is 2.24. The van der Waals surface area contributed by atoms with Crippen LogP contribution in [0.25, 0.3) is 0 Å². The van der Waals surface area contributed by atoms with Crippen molar-refractivity contribution in [3.05, 3.63) is 52.9 Å². The van der Waals surface area contributed by atoms with E-state index < -0.39 is 5.82 Å². The van der Waals surface area contributed by atoms with Crippen molar-refractivity contribution in [2.45, 2.75) is 20.0 Å². The van der Waals surface area contributed by atoms with E-state index in [9.17, 15) is 4.39 Å². The highest BCUT2D eigenvalue weighted by atomic mass is 35.5. The summed E-state index contributed by atoms with van der Waals surface area (Å²) in [6.45, 7) is 3.21. The first-order chi connectivity index (χ1) is 9.70. The van der Waals surface area contributed by atoms with Gasteiger partial charge in [0.15, 0.2) is 11.6 Å². The van der Waals surface area contributed by atoms with Crippen LogP contribution in [0.3, 0.4) is 0 Å². The Balaban J connectivity index is 2.01. The SMILES string of the molecule is CCCNc1cc(COc2cccc(Cl)c2F)ccn1. The van der Waals surface area contributed by atoms with E-state index in [2.05, 4.69) is 17.2 Å². The summed E-state index contributed by atoms with van der Waals surface area (Å²) in [5.41, 5.74) is 0.915. The van der Waals surface area contributed by atoms with Crippen molar-refractivity contribution in [1.29, 1.82) is 0 Å². The molecule has 0 fully saturated rings. The molecule has 0 saturated heterocycles. The predicted octanol–water partition coefficient (Wildman–Crippen LogP) is 4.28. The van der Waals surface area contributed by atoms with Crippen molar-refractivity contribution in [1.82, 2.24) is 4.98 Å². The van der Waals surface area contributed by atoms with Crippen molar-refractivity contribution in [3.63, 3.8) is 0 Å². The van der Waals surface area contributed by atoms with E-state index >= 15 is 0 Å². The summed E-state index contributed by atoms with van der Waals surface area (Å²) in [6.07, 6.45) is 2.72. The number of halogens is 2. The molecule has 0 amide bonds. The summed E-state index contributed by atoms with van der Waals surface area (Å²) in [5, 5.41) is 3.25. The first-order valence-electron chi connectivity index (χ1n) is 6.46. The number of nitrogens with one attached hydrogen (secondary N) is 1. The Morgan fingerprint density at radius 2 is 2.20 bits per heavy atom. The molecule has 1 heterocycles. The molecule has 0 aliphatic heterocycles. The average Bonchev–Trinajstić information content (AvgIpc) is 2.47. The van der Waals surface area contributed by atoms with Crippen LogP contribution in [0.2, 0.25) is 5.02 Å². The number of benzene rings is 1. The van der Waals surface area contributed by atoms with Gasteiger partial charge in [-0.15, -0.1) is 0 Å². The van der Waals surface area contributed by atoms with E-state index in [1.165, 1.54) is 6.07 Å². The first-order valence-corrected chi connectivity index (χ1v) is 6.84. The summed E-state index contributed by atoms with van der Waals surface area (Å²) in [5.74, 6) is 0.407. The third-order valence-electron chi connectivity index (χ3n) is 2.69. The molecule has 20 heavy (non-hydrogen) atoms. The van der Waals surface area contributed by atoms with Crippen LogP contribution in [0, 0.1) is 5.82 Å². The Labute approximate surface area is 122 Å². The molecule has 2 rings (SSSR count). The Morgan fingerprint density at radius 3 is 3.00 bits per heavy atom. The van der Waals surface area contributed by atoms with Crippen LogP contribution < -0.4 is 10.1 Å². The number of aromatic nitrogens is 1. The summed E-state index contributed by atoms with van der Waals surface area (Å²) in [4.78, 5) is 4.20. The maximum Gasteiger partial charge on any atom is 0.183 e. The molecular weight excluding hydrogens is 279 g/mol. The number of hydrogen-bond donors (Lipinski definition) is 1. The zero-order chi connectivity index (χ0) is 14.4. The van der Waals surface area contributed by atoms with E-state index in [4.69, 9.17) is 16.3 Å². The standard InChI is InChI=1S/C15H16ClFN2O/c1-2-7-18-14-9-11(6-8-19-14)10-20-13-5-3-4-12(16)15(13)17/h3-6,8-9H,2,7,10H2,1H3,(H,18,19). The lowest BCUT2D eigenvalue weighted by molar-refractivity contribution is 0.290. The first kappa shape index (κ1) is 14.6. The van der Waals surface area contributed by atoms with Gasteiger partial charge in [-0.05, 0) is 36.2 Å². The fourth-order valence-electron chi connectivity index (χ4n) is 1.67. The second-order valence-corrected chi connectivity index (χ2v) is 4.72. The molecule has 0 radical (unpaired) electrons. The molecule has 1 aromatic carbocycles. The number of nitrogens with zero attached hydrogens (tertiary/aromatic N) is 1. The van der Waals surface area contributed by atoms with Crippen LogP contribution >= 0.6 is 11.6 Å². The molecule has 0 unspecified atom stereocenters. The molecule has 106 valence electrons. The van der Waals surface area contributed by atoms with Crippen LogP contribution in [0.1, 0.15) is 18.9 Å². The Hall–Kier alpha value is -1.81. The molecule has 3 nitrogen and oxygen atoms in total. The number of rotatable bonds is 6. The predicted molar refractivity (Wildman–Crippen MR) is 78.8 cm³/mol. The van der Waals surface area contributed by atoms with Gasteiger partial charge in [-0.1, -0.05) is 24.6 Å². The van der Waals surface area contributed by atoms with Crippen LogP contribution in [0.5, 0.6) is 5.75 Å². The fraction of sp³-hybridized carbons (Fsp3) is 0.267. The normalized spacial score (nSPS) is 10.3. The van der Waals surface area contributed by atoms with Crippen molar-refractivity contribution in [3.8, 4) is 5.75 Å². The van der Waals surface area contributed by atoms with Crippen molar-refractivity contribution >= 4 is 17.4 Å². The largest absolute Gasteiger partial charge is 0.486 e. The lowest BCUT2D eigenvalue weighted by Gasteiger charge is -2.09. The molecule has 0 saturated carbocycles. The summed E-state index contributed by atoms with van der Waals surface area (Å²) < 4.78 is 19.1. The van der Waals surface area contributed by atoms with Gasteiger partial charge in [0, 0.05) is 12.7 Å². The van der Waals surface area contributed by atoms with E-state index in [0.29, 0.717) is 0 Å². The third-order valence-corrected chi connectivity index (χ3v) is 2.98. The van der Waals surface area contributed by atoms with Crippen molar-refractivity contribution in [2.24, 2.45) is 0 Å². The quantitative estimate of drug-likeness (QED) is 0.863. The molecule has 1 N–H and O–H groups in total. The lowest BCUT2D eigenvalue weighted by atomic mass is 10.2. The fourth-order valence-corrected chi connectivity index (χ4v) is 1.84. The zero-order valence-corrected chi connectivity index (χ0v) is 12.0. The number of pyridine rings is 1. The van der Waals surface area contributed by atoms with Crippen LogP contribution in [0.4, 0.5) is 10.2 Å². The van der Waals surface area contributed by atoms with Gasteiger partial charge in [0.2, 0.25) is 0 Å². The number of hydrogen-bond acceptors (Lipinski definition) is 3. The maximum absolute atomic E-state index is 13.7. The van der Waals surface area contributed by atoms with Gasteiger partial charge in [-0.2, -0.15) is 0 Å². The minimum atomic E-state index is -0.535. The highest BCUT2D eigenvalue weighted by molar-refractivity contribution is 6.30. The molecule has 0 bridgehead atoms. The molecule has 0 aliphatic rings. The summed E-state index contributed by atoms with van der Waals surface area (Å²) >= 11 is 5.70. The molecule has 0 atom stereocenters. The van der Waals surface area contributed by atoms with Crippen molar-refractivity contribution in [2.75, 3.05) is 11.9 Å². The topological polar surface area (TPSA) is 34.1 Å². The maximum atomic E-state index is 13.7. The van der Waals surface area contributed by atoms with Gasteiger partial charge >= 0.3 is 0 Å². The van der Waals surface area contributed by atoms with Gasteiger partial charge in [-0.3, -0.25) is 0 Å². The minimum absolute atomic E-state index is 0.0579. The van der Waals surface area contributed by atoms with Crippen molar-refractivity contribution < 1.29 is 9.13 Å². The highest BCUT2D eigenvalue weighted by Gasteiger charge is 2.07. The summed E-state index contributed by atoms with van der Waals surface area (Å²) in [6, 6.07) is 8.42. The van der Waals surface area contributed by atoms with E-state index in [0.717, 1.165) is 24.3 Å². The smallest absolute Gasteiger partial charge is 0.183 e. The molecule has 0 aliphatic carbocycles. The van der Waals surface area contributed by atoms with E-state index in [1.54, 1.807) is 18.3 Å². The molecule has 0 spiro atoms. The number of anilines is 1. The lowest BCUT2D eigenvalue weighted by Crippen LogP contribution is -2.03. The summed E-state index contributed by atoms with van der Waals surface area (Å²) in [7, 11) is 0. The van der Waals surface area contributed by atoms with Gasteiger partial charge in [0.05, 0.1) is 5.02 Å². The number of ether oxygens (including phenoxy) is 1. The molecule has 2 aromatic rings. The van der Waals surface area contributed by atoms with E-state index in [1.807, 2.05) is 12.1 Å². The minimum Gasteiger partial charge on any atom is -0.486 e. The average molecular weight is 295 g/mol. The third kappa shape index (κ3) is 3.84. The molecule has 1 aromatic heterocycles. The van der Waals surface area contributed by atoms with Gasteiger partial charge < -0.3 is 10.1 Å². The van der Waals surface area contributed by atoms with Crippen LogP contribution in [0.15, 0.2) is 36.5 Å². The molecular formula is C15H16ClFN2O. The van der Waals surface area contributed by atoms with Gasteiger partial charge in [-0.25, -0.2) is 9.37 Å². The Bertz CT molecular complexity index is 578. The monoisotopic (exact) mass is 294 g/mol. The second kappa shape index (κ2) is 7.10. The second-order valence-electron chi connectivity index (χ2n) is 4.32. The van der Waals surface area contributed by atoms with Crippen LogP contribution in [-0.4, -0.2) is 11.5 Å². The van der Waals surface area contributed by atoms with E-state index in [-0.39, 0.29) is 17.4 Å². The zero-order valence-electron chi connectivity index (χ0n) is 11.2.